The molecule has 0 aliphatic carbocycles. The predicted molar refractivity (Wildman–Crippen MR) is 50.9 cm³/mol. The van der Waals surface area contributed by atoms with Gasteiger partial charge in [0.05, 0.1) is 18.4 Å². The highest BCUT2D eigenvalue weighted by atomic mass is 16.5. The Hall–Kier alpha value is -1.84. The minimum Gasteiger partial charge on any atom is -0.493 e. The lowest BCUT2D eigenvalue weighted by molar-refractivity contribution is 0.339. The van der Waals surface area contributed by atoms with E-state index in [0.29, 0.717) is 12.4 Å². The first-order chi connectivity index (χ1) is 6.92. The van der Waals surface area contributed by atoms with E-state index in [0.717, 1.165) is 11.3 Å². The molecule has 4 nitrogen and oxygen atoms in total. The maximum Gasteiger partial charge on any atom is 0.191 e. The van der Waals surface area contributed by atoms with Crippen LogP contribution in [0.3, 0.4) is 0 Å². The molecule has 0 saturated heterocycles. The summed E-state index contributed by atoms with van der Waals surface area (Å²) < 4.78 is 10.4. The largest absolute Gasteiger partial charge is 0.493 e. The lowest BCUT2D eigenvalue weighted by Gasteiger charge is -2.06. The van der Waals surface area contributed by atoms with Gasteiger partial charge in [-0.05, 0) is 19.1 Å². The van der Waals surface area contributed by atoms with Gasteiger partial charge >= 0.3 is 0 Å². The van der Waals surface area contributed by atoms with Gasteiger partial charge in [-0.15, -0.1) is 5.10 Å². The van der Waals surface area contributed by atoms with Crippen molar-refractivity contribution in [2.24, 2.45) is 0 Å². The SMILES string of the molecule is CCOc1ccccc1-c1cnno1. The monoisotopic (exact) mass is 190 g/mol. The van der Waals surface area contributed by atoms with Crippen molar-refractivity contribution in [2.45, 2.75) is 6.92 Å². The summed E-state index contributed by atoms with van der Waals surface area (Å²) in [6, 6.07) is 7.63. The van der Waals surface area contributed by atoms with Crippen molar-refractivity contribution in [3.05, 3.63) is 30.5 Å². The Morgan fingerprint density at radius 1 is 1.36 bits per heavy atom. The Bertz CT molecular complexity index is 398. The van der Waals surface area contributed by atoms with Crippen molar-refractivity contribution in [1.82, 2.24) is 10.4 Å². The molecule has 4 heteroatoms. The van der Waals surface area contributed by atoms with Gasteiger partial charge < -0.3 is 9.26 Å². The molecule has 1 aromatic heterocycles. The molecule has 1 heterocycles. The average molecular weight is 190 g/mol. The number of nitrogens with zero attached hydrogens (tertiary/aromatic N) is 2. The van der Waals surface area contributed by atoms with Gasteiger partial charge in [-0.3, -0.25) is 0 Å². The van der Waals surface area contributed by atoms with Crippen LogP contribution in [0.15, 0.2) is 35.0 Å². The molecule has 0 unspecified atom stereocenters. The van der Waals surface area contributed by atoms with Crippen LogP contribution in [-0.2, 0) is 0 Å². The van der Waals surface area contributed by atoms with E-state index in [4.69, 9.17) is 9.26 Å². The summed E-state index contributed by atoms with van der Waals surface area (Å²) in [5, 5.41) is 7.05. The zero-order chi connectivity index (χ0) is 9.80. The van der Waals surface area contributed by atoms with Crippen LogP contribution in [0.2, 0.25) is 0 Å². The first kappa shape index (κ1) is 8.74. The molecule has 0 bridgehead atoms. The first-order valence-corrected chi connectivity index (χ1v) is 4.41. The van der Waals surface area contributed by atoms with E-state index in [1.807, 2.05) is 31.2 Å². The molecule has 1 aromatic carbocycles. The molecule has 0 aliphatic heterocycles. The van der Waals surface area contributed by atoms with Crippen molar-refractivity contribution < 1.29 is 9.26 Å². The van der Waals surface area contributed by atoms with E-state index in [1.165, 1.54) is 0 Å². The Morgan fingerprint density at radius 2 is 2.21 bits per heavy atom. The molecule has 0 radical (unpaired) electrons. The third-order valence-corrected chi connectivity index (χ3v) is 1.81. The molecule has 0 aliphatic rings. The summed E-state index contributed by atoms with van der Waals surface area (Å²) in [5.74, 6) is 1.41. The summed E-state index contributed by atoms with van der Waals surface area (Å²) in [6.45, 7) is 2.56. The van der Waals surface area contributed by atoms with Crippen LogP contribution in [0, 0.1) is 0 Å². The van der Waals surface area contributed by atoms with E-state index >= 15 is 0 Å². The third kappa shape index (κ3) is 1.59. The molecule has 2 rings (SSSR count). The van der Waals surface area contributed by atoms with Crippen LogP contribution in [0.4, 0.5) is 0 Å². The Balaban J connectivity index is 2.42. The normalized spacial score (nSPS) is 10.1. The smallest absolute Gasteiger partial charge is 0.191 e. The van der Waals surface area contributed by atoms with E-state index in [2.05, 4.69) is 10.4 Å². The van der Waals surface area contributed by atoms with Crippen molar-refractivity contribution in [1.29, 1.82) is 0 Å². The summed E-state index contributed by atoms with van der Waals surface area (Å²) in [7, 11) is 0. The summed E-state index contributed by atoms with van der Waals surface area (Å²) in [5.41, 5.74) is 0.874. The zero-order valence-electron chi connectivity index (χ0n) is 7.80. The Labute approximate surface area is 81.5 Å². The van der Waals surface area contributed by atoms with E-state index in [9.17, 15) is 0 Å². The average Bonchev–Trinajstić information content (AvgIpc) is 2.72. The van der Waals surface area contributed by atoms with E-state index in [-0.39, 0.29) is 0 Å². The minimum absolute atomic E-state index is 0.619. The highest BCUT2D eigenvalue weighted by Crippen LogP contribution is 2.28. The first-order valence-electron chi connectivity index (χ1n) is 4.41. The maximum atomic E-state index is 5.45. The molecule has 0 atom stereocenters. The van der Waals surface area contributed by atoms with Gasteiger partial charge in [0.25, 0.3) is 0 Å². The molecule has 2 aromatic rings. The van der Waals surface area contributed by atoms with Crippen LogP contribution < -0.4 is 4.74 Å². The Kier molecular flexibility index (Phi) is 2.44. The summed E-state index contributed by atoms with van der Waals surface area (Å²) >= 11 is 0. The maximum absolute atomic E-state index is 5.45. The fourth-order valence-electron chi connectivity index (χ4n) is 1.24. The highest BCUT2D eigenvalue weighted by Gasteiger charge is 2.08. The molecular weight excluding hydrogens is 180 g/mol. The number of benzene rings is 1. The molecule has 0 saturated carbocycles. The van der Waals surface area contributed by atoms with Crippen LogP contribution in [0.1, 0.15) is 6.92 Å². The van der Waals surface area contributed by atoms with Gasteiger partial charge in [0.1, 0.15) is 5.75 Å². The zero-order valence-corrected chi connectivity index (χ0v) is 7.80. The second kappa shape index (κ2) is 3.91. The van der Waals surface area contributed by atoms with Gasteiger partial charge in [-0.25, -0.2) is 0 Å². The molecular formula is C10H10N2O2. The Morgan fingerprint density at radius 3 is 2.93 bits per heavy atom. The number of ether oxygens (including phenoxy) is 1. The quantitative estimate of drug-likeness (QED) is 0.743. The molecule has 0 spiro atoms. The number of hydrogen-bond acceptors (Lipinski definition) is 4. The molecule has 0 amide bonds. The summed E-state index contributed by atoms with van der Waals surface area (Å²) in [4.78, 5) is 0. The number of rotatable bonds is 3. The second-order valence-electron chi connectivity index (χ2n) is 2.71. The number of para-hydroxylation sites is 1. The van der Waals surface area contributed by atoms with Gasteiger partial charge in [0.2, 0.25) is 0 Å². The van der Waals surface area contributed by atoms with Crippen molar-refractivity contribution in [3.8, 4) is 17.1 Å². The van der Waals surface area contributed by atoms with Crippen molar-refractivity contribution in [3.63, 3.8) is 0 Å². The number of aromatic nitrogens is 2. The van der Waals surface area contributed by atoms with E-state index < -0.39 is 0 Å². The highest BCUT2D eigenvalue weighted by molar-refractivity contribution is 5.64. The minimum atomic E-state index is 0.619. The fourth-order valence-corrected chi connectivity index (χ4v) is 1.24. The lowest BCUT2D eigenvalue weighted by atomic mass is 10.1. The van der Waals surface area contributed by atoms with E-state index in [1.54, 1.807) is 6.20 Å². The number of hydrogen-bond donors (Lipinski definition) is 0. The molecule has 0 N–H and O–H groups in total. The third-order valence-electron chi connectivity index (χ3n) is 1.81. The van der Waals surface area contributed by atoms with Crippen molar-refractivity contribution in [2.75, 3.05) is 6.61 Å². The van der Waals surface area contributed by atoms with Gasteiger partial charge in [-0.1, -0.05) is 12.1 Å². The predicted octanol–water partition coefficient (Wildman–Crippen LogP) is 2.14. The standard InChI is InChI=1S/C10H10N2O2/c1-2-13-9-6-4-3-5-8(9)10-7-11-12-14-10/h3-7H,2H2,1H3. The van der Waals surface area contributed by atoms with Gasteiger partial charge in [0.15, 0.2) is 5.76 Å². The van der Waals surface area contributed by atoms with Crippen LogP contribution in [-0.4, -0.2) is 17.0 Å². The van der Waals surface area contributed by atoms with Crippen LogP contribution in [0.5, 0.6) is 5.75 Å². The molecule has 72 valence electrons. The lowest BCUT2D eigenvalue weighted by Crippen LogP contribution is -1.92. The second-order valence-corrected chi connectivity index (χ2v) is 2.71. The molecule has 14 heavy (non-hydrogen) atoms. The van der Waals surface area contributed by atoms with Crippen LogP contribution >= 0.6 is 0 Å². The van der Waals surface area contributed by atoms with Crippen LogP contribution in [0.25, 0.3) is 11.3 Å². The van der Waals surface area contributed by atoms with Crippen molar-refractivity contribution >= 4 is 0 Å². The fraction of sp³-hybridized carbons (Fsp3) is 0.200. The summed E-state index contributed by atoms with van der Waals surface area (Å²) in [6.07, 6.45) is 1.57. The topological polar surface area (TPSA) is 48.2 Å². The van der Waals surface area contributed by atoms with Gasteiger partial charge in [-0.2, -0.15) is 0 Å². The van der Waals surface area contributed by atoms with Gasteiger partial charge in [0, 0.05) is 5.27 Å². The molecule has 0 fully saturated rings.